The van der Waals surface area contributed by atoms with Gasteiger partial charge in [-0.1, -0.05) is 18.2 Å². The Kier molecular flexibility index (Phi) is 6.41. The van der Waals surface area contributed by atoms with Crippen molar-refractivity contribution in [1.82, 2.24) is 9.80 Å². The number of anilines is 1. The highest BCUT2D eigenvalue weighted by atomic mass is 19.4. The Morgan fingerprint density at radius 2 is 1.86 bits per heavy atom. The van der Waals surface area contributed by atoms with Crippen molar-refractivity contribution in [2.75, 3.05) is 32.1 Å². The molecule has 2 heterocycles. The van der Waals surface area contributed by atoms with Gasteiger partial charge in [0.15, 0.2) is 5.75 Å². The summed E-state index contributed by atoms with van der Waals surface area (Å²) in [5, 5.41) is 2.91. The molecule has 0 aromatic heterocycles. The molecule has 192 valence electrons. The van der Waals surface area contributed by atoms with E-state index in [0.29, 0.717) is 53.9 Å². The lowest BCUT2D eigenvalue weighted by Crippen LogP contribution is -2.56. The van der Waals surface area contributed by atoms with E-state index < -0.39 is 11.7 Å². The summed E-state index contributed by atoms with van der Waals surface area (Å²) in [4.78, 5) is 21.5. The molecule has 1 unspecified atom stereocenters. The first-order chi connectivity index (χ1) is 17.7. The maximum absolute atomic E-state index is 13.3. The number of nitrogens with zero attached hydrogens (tertiary/aromatic N) is 3. The normalized spacial score (nSPS) is 17.1. The van der Waals surface area contributed by atoms with Crippen LogP contribution in [-0.4, -0.2) is 54.5 Å². The van der Waals surface area contributed by atoms with Crippen molar-refractivity contribution >= 4 is 23.2 Å². The second-order valence-electron chi connectivity index (χ2n) is 8.86. The van der Waals surface area contributed by atoms with Crippen LogP contribution in [0.15, 0.2) is 71.7 Å². The largest absolute Gasteiger partial charge is 0.497 e. The van der Waals surface area contributed by atoms with Gasteiger partial charge >= 0.3 is 12.2 Å². The van der Waals surface area contributed by atoms with E-state index in [2.05, 4.69) is 5.32 Å². The van der Waals surface area contributed by atoms with Gasteiger partial charge in [0, 0.05) is 37.4 Å². The molecule has 1 fully saturated rings. The van der Waals surface area contributed by atoms with E-state index in [-0.39, 0.29) is 17.8 Å². The van der Waals surface area contributed by atoms with Gasteiger partial charge in [-0.3, -0.25) is 0 Å². The highest BCUT2D eigenvalue weighted by Gasteiger charge is 2.34. The molecular weight excluding hydrogens is 485 g/mol. The van der Waals surface area contributed by atoms with Gasteiger partial charge in [-0.15, -0.1) is 0 Å². The first-order valence-electron chi connectivity index (χ1n) is 11.8. The molecule has 0 bridgehead atoms. The number of piperazine rings is 1. The summed E-state index contributed by atoms with van der Waals surface area (Å²) in [7, 11) is 1.56. The summed E-state index contributed by atoms with van der Waals surface area (Å²) in [5.41, 5.74) is 0.818. The Labute approximate surface area is 212 Å². The van der Waals surface area contributed by atoms with E-state index in [1.165, 1.54) is 6.07 Å². The first kappa shape index (κ1) is 24.5. The minimum absolute atomic E-state index is 0.0432. The average molecular weight is 511 g/mol. The number of fused-ring (bicyclic) bond motifs is 2. The number of urea groups is 1. The van der Waals surface area contributed by atoms with Gasteiger partial charge in [-0.2, -0.15) is 13.2 Å². The van der Waals surface area contributed by atoms with Crippen molar-refractivity contribution in [3.8, 4) is 17.2 Å². The molecule has 2 aliphatic rings. The highest BCUT2D eigenvalue weighted by Crippen LogP contribution is 2.42. The van der Waals surface area contributed by atoms with Crippen LogP contribution in [0.2, 0.25) is 0 Å². The smallest absolute Gasteiger partial charge is 0.416 e. The van der Waals surface area contributed by atoms with E-state index in [1.807, 2.05) is 24.0 Å². The fourth-order valence-corrected chi connectivity index (χ4v) is 4.49. The number of hydrogen-bond acceptors (Lipinski definition) is 5. The van der Waals surface area contributed by atoms with E-state index >= 15 is 0 Å². The standard InChI is InChI=1S/C27H25F3N4O3/c1-17-16-33(12-13-34(17)26(35)31-19-6-5-7-20(15-19)36-2)25-21-8-3-4-9-23(21)37-24-14-18(27(28,29)30)10-11-22(24)32-25/h3-11,14-15,17H,12-13,16H2,1-2H3,(H,31,35). The molecule has 5 rings (SSSR count). The first-order valence-corrected chi connectivity index (χ1v) is 11.8. The number of carbonyl (C=O) groups is 1. The zero-order valence-corrected chi connectivity index (χ0v) is 20.2. The Morgan fingerprint density at radius 3 is 2.62 bits per heavy atom. The molecule has 1 N–H and O–H groups in total. The number of nitrogens with one attached hydrogen (secondary N) is 1. The quantitative estimate of drug-likeness (QED) is 0.450. The minimum Gasteiger partial charge on any atom is -0.497 e. The van der Waals surface area contributed by atoms with Gasteiger partial charge in [0.25, 0.3) is 0 Å². The third kappa shape index (κ3) is 5.04. The zero-order chi connectivity index (χ0) is 26.2. The van der Waals surface area contributed by atoms with Crippen LogP contribution in [-0.2, 0) is 6.18 Å². The van der Waals surface area contributed by atoms with Crippen LogP contribution in [0.5, 0.6) is 17.2 Å². The van der Waals surface area contributed by atoms with Crippen LogP contribution in [0.25, 0.3) is 0 Å². The Bertz CT molecular complexity index is 1360. The summed E-state index contributed by atoms with van der Waals surface area (Å²) in [5.74, 6) is 1.70. The van der Waals surface area contributed by atoms with E-state index in [9.17, 15) is 18.0 Å². The molecule has 37 heavy (non-hydrogen) atoms. The fraction of sp³-hybridized carbons (Fsp3) is 0.259. The van der Waals surface area contributed by atoms with E-state index in [1.54, 1.807) is 48.4 Å². The molecule has 2 aliphatic heterocycles. The number of carbonyl (C=O) groups excluding carboxylic acids is 1. The molecule has 0 saturated carbocycles. The van der Waals surface area contributed by atoms with Crippen LogP contribution in [0.3, 0.4) is 0 Å². The van der Waals surface area contributed by atoms with Gasteiger partial charge < -0.3 is 24.6 Å². The molecule has 2 amide bonds. The van der Waals surface area contributed by atoms with Crippen LogP contribution in [0, 0.1) is 0 Å². The predicted octanol–water partition coefficient (Wildman–Crippen LogP) is 6.14. The third-order valence-electron chi connectivity index (χ3n) is 6.37. The molecule has 0 aliphatic carbocycles. The van der Waals surface area contributed by atoms with Gasteiger partial charge in [0.1, 0.15) is 23.0 Å². The van der Waals surface area contributed by atoms with Crippen molar-refractivity contribution in [2.45, 2.75) is 19.1 Å². The van der Waals surface area contributed by atoms with Crippen molar-refractivity contribution in [3.05, 3.63) is 77.9 Å². The number of amides is 2. The average Bonchev–Trinajstić information content (AvgIpc) is 3.04. The third-order valence-corrected chi connectivity index (χ3v) is 6.37. The number of para-hydroxylation sites is 1. The van der Waals surface area contributed by atoms with Gasteiger partial charge in [-0.05, 0) is 49.4 Å². The molecule has 1 saturated heterocycles. The molecular formula is C27H25F3N4O3. The number of halogens is 3. The van der Waals surface area contributed by atoms with Crippen LogP contribution >= 0.6 is 0 Å². The monoisotopic (exact) mass is 510 g/mol. The second kappa shape index (κ2) is 9.68. The van der Waals surface area contributed by atoms with Crippen molar-refractivity contribution < 1.29 is 27.4 Å². The van der Waals surface area contributed by atoms with Crippen molar-refractivity contribution in [1.29, 1.82) is 0 Å². The number of methoxy groups -OCH3 is 1. The number of rotatable bonds is 2. The number of ether oxygens (including phenoxy) is 2. The van der Waals surface area contributed by atoms with Gasteiger partial charge in [0.2, 0.25) is 0 Å². The lowest BCUT2D eigenvalue weighted by molar-refractivity contribution is -0.137. The molecule has 3 aromatic rings. The fourth-order valence-electron chi connectivity index (χ4n) is 4.49. The highest BCUT2D eigenvalue weighted by molar-refractivity contribution is 6.04. The predicted molar refractivity (Wildman–Crippen MR) is 134 cm³/mol. The zero-order valence-electron chi connectivity index (χ0n) is 20.2. The number of aliphatic imine (C=N–C) groups is 1. The minimum atomic E-state index is -4.49. The molecule has 10 heteroatoms. The maximum atomic E-state index is 13.3. The van der Waals surface area contributed by atoms with Gasteiger partial charge in [0.05, 0.1) is 18.2 Å². The molecule has 1 atom stereocenters. The summed E-state index contributed by atoms with van der Waals surface area (Å²) in [6.45, 7) is 3.34. The second-order valence-corrected chi connectivity index (χ2v) is 8.86. The lowest BCUT2D eigenvalue weighted by Gasteiger charge is -2.41. The summed E-state index contributed by atoms with van der Waals surface area (Å²) in [6.07, 6.45) is -4.49. The van der Waals surface area contributed by atoms with E-state index in [4.69, 9.17) is 14.5 Å². The van der Waals surface area contributed by atoms with E-state index in [0.717, 1.165) is 12.1 Å². The summed E-state index contributed by atoms with van der Waals surface area (Å²) in [6, 6.07) is 17.2. The van der Waals surface area contributed by atoms with Crippen molar-refractivity contribution in [2.24, 2.45) is 4.99 Å². The Hall–Kier alpha value is -4.21. The summed E-state index contributed by atoms with van der Waals surface area (Å²) >= 11 is 0. The van der Waals surface area contributed by atoms with Gasteiger partial charge in [-0.25, -0.2) is 9.79 Å². The number of benzene rings is 3. The lowest BCUT2D eigenvalue weighted by atomic mass is 10.1. The number of alkyl halides is 3. The Morgan fingerprint density at radius 1 is 1.05 bits per heavy atom. The van der Waals surface area contributed by atoms with Crippen LogP contribution < -0.4 is 14.8 Å². The number of hydrogen-bond donors (Lipinski definition) is 1. The SMILES string of the molecule is COc1cccc(NC(=O)N2CCN(C3=Nc4ccc(C(F)(F)F)cc4Oc4ccccc43)CC2C)c1. The number of amidine groups is 1. The molecule has 0 radical (unpaired) electrons. The van der Waals surface area contributed by atoms with Crippen LogP contribution in [0.1, 0.15) is 18.1 Å². The topological polar surface area (TPSA) is 66.4 Å². The molecule has 7 nitrogen and oxygen atoms in total. The molecule has 0 spiro atoms. The van der Waals surface area contributed by atoms with Crippen LogP contribution in [0.4, 0.5) is 29.3 Å². The molecule has 3 aromatic carbocycles. The summed E-state index contributed by atoms with van der Waals surface area (Å²) < 4.78 is 51.0. The van der Waals surface area contributed by atoms with Crippen molar-refractivity contribution in [3.63, 3.8) is 0 Å². The maximum Gasteiger partial charge on any atom is 0.416 e. The Balaban J connectivity index is 1.39.